The molecule has 0 aromatic heterocycles. The molecule has 21 heavy (non-hydrogen) atoms. The van der Waals surface area contributed by atoms with Crippen molar-refractivity contribution in [1.29, 1.82) is 0 Å². The molecule has 114 valence electrons. The summed E-state index contributed by atoms with van der Waals surface area (Å²) in [5.41, 5.74) is 0.617. The van der Waals surface area contributed by atoms with Gasteiger partial charge < -0.3 is 19.5 Å². The molecule has 0 saturated carbocycles. The number of amides is 2. The Balaban J connectivity index is 2.29. The highest BCUT2D eigenvalue weighted by molar-refractivity contribution is 6.06. The van der Waals surface area contributed by atoms with Gasteiger partial charge in [-0.1, -0.05) is 0 Å². The Morgan fingerprint density at radius 2 is 1.67 bits per heavy atom. The Bertz CT molecular complexity index is 547. The number of methoxy groups -OCH3 is 3. The topological polar surface area (TPSA) is 77.1 Å². The molecule has 2 rings (SSSR count). The Morgan fingerprint density at radius 1 is 1.10 bits per heavy atom. The number of likely N-dealkylation sites (N-methyl/N-ethyl adjacent to an activating group) is 1. The Morgan fingerprint density at radius 3 is 2.05 bits per heavy atom. The molecule has 1 saturated heterocycles. The highest BCUT2D eigenvalue weighted by Crippen LogP contribution is 2.40. The summed E-state index contributed by atoms with van der Waals surface area (Å²) in [5.74, 6) is 0.962. The molecule has 0 spiro atoms. The van der Waals surface area contributed by atoms with Gasteiger partial charge in [0.15, 0.2) is 11.5 Å². The highest BCUT2D eigenvalue weighted by atomic mass is 16.5. The first-order valence-corrected chi connectivity index (χ1v) is 6.38. The second kappa shape index (κ2) is 5.90. The first-order chi connectivity index (χ1) is 10.0. The Hall–Kier alpha value is -2.44. The molecule has 1 unspecified atom stereocenters. The largest absolute Gasteiger partial charge is 0.493 e. The van der Waals surface area contributed by atoms with Gasteiger partial charge in [0.1, 0.15) is 6.04 Å². The summed E-state index contributed by atoms with van der Waals surface area (Å²) in [6, 6.07) is 2.81. The minimum absolute atomic E-state index is 0.131. The monoisotopic (exact) mass is 294 g/mol. The van der Waals surface area contributed by atoms with Crippen LogP contribution in [0.4, 0.5) is 5.69 Å². The number of carbonyl (C=O) groups excluding carboxylic acids is 2. The van der Waals surface area contributed by atoms with E-state index in [9.17, 15) is 9.59 Å². The molecule has 7 heteroatoms. The van der Waals surface area contributed by atoms with E-state index in [0.29, 0.717) is 22.9 Å². The molecule has 0 aliphatic carbocycles. The zero-order valence-corrected chi connectivity index (χ0v) is 12.4. The molecular formula is C14H18N2O5. The van der Waals surface area contributed by atoms with E-state index in [2.05, 4.69) is 5.32 Å². The maximum atomic E-state index is 11.9. The third kappa shape index (κ3) is 2.72. The average Bonchev–Trinajstić information content (AvgIpc) is 2.73. The fourth-order valence-corrected chi connectivity index (χ4v) is 2.23. The maximum absolute atomic E-state index is 11.9. The van der Waals surface area contributed by atoms with E-state index in [4.69, 9.17) is 14.2 Å². The van der Waals surface area contributed by atoms with Gasteiger partial charge in [0.05, 0.1) is 27.8 Å². The SMILES string of the molecule is COc1cc(NC2CC(=O)N(C)C2=O)cc(OC)c1OC. The molecule has 1 aromatic rings. The number of carbonyl (C=O) groups is 2. The van der Waals surface area contributed by atoms with Crippen molar-refractivity contribution in [3.8, 4) is 17.2 Å². The standard InChI is InChI=1S/C14H18N2O5/c1-16-12(17)7-9(14(16)18)15-8-5-10(19-2)13(21-4)11(6-8)20-3/h5-6,9,15H,7H2,1-4H3. The first kappa shape index (κ1) is 15.0. The summed E-state index contributed by atoms with van der Waals surface area (Å²) in [5, 5.41) is 3.02. The Kier molecular flexibility index (Phi) is 4.21. The molecule has 2 amide bonds. The van der Waals surface area contributed by atoms with E-state index in [1.807, 2.05) is 0 Å². The molecule has 1 atom stereocenters. The molecule has 0 bridgehead atoms. The highest BCUT2D eigenvalue weighted by Gasteiger charge is 2.36. The molecule has 1 aromatic carbocycles. The lowest BCUT2D eigenvalue weighted by atomic mass is 10.2. The van der Waals surface area contributed by atoms with Gasteiger partial charge in [-0.2, -0.15) is 0 Å². The van der Waals surface area contributed by atoms with Crippen molar-refractivity contribution in [2.45, 2.75) is 12.5 Å². The number of likely N-dealkylation sites (tertiary alicyclic amines) is 1. The number of benzene rings is 1. The van der Waals surface area contributed by atoms with E-state index in [0.717, 1.165) is 4.90 Å². The third-order valence-corrected chi connectivity index (χ3v) is 3.39. The van der Waals surface area contributed by atoms with Crippen molar-refractivity contribution < 1.29 is 23.8 Å². The summed E-state index contributed by atoms with van der Waals surface area (Å²) in [6.45, 7) is 0. The van der Waals surface area contributed by atoms with E-state index < -0.39 is 6.04 Å². The number of rotatable bonds is 5. The average molecular weight is 294 g/mol. The van der Waals surface area contributed by atoms with Crippen molar-refractivity contribution in [3.63, 3.8) is 0 Å². The fraction of sp³-hybridized carbons (Fsp3) is 0.429. The first-order valence-electron chi connectivity index (χ1n) is 6.38. The molecular weight excluding hydrogens is 276 g/mol. The number of nitrogens with zero attached hydrogens (tertiary/aromatic N) is 1. The van der Waals surface area contributed by atoms with E-state index in [-0.39, 0.29) is 18.2 Å². The predicted octanol–water partition coefficient (Wildman–Crippen LogP) is 0.882. The van der Waals surface area contributed by atoms with Gasteiger partial charge in [-0.25, -0.2) is 0 Å². The summed E-state index contributed by atoms with van der Waals surface area (Å²) in [4.78, 5) is 24.6. The van der Waals surface area contributed by atoms with Crippen molar-refractivity contribution >= 4 is 17.5 Å². The lowest BCUT2D eigenvalue weighted by Crippen LogP contribution is -2.31. The van der Waals surface area contributed by atoms with Gasteiger partial charge in [0, 0.05) is 24.9 Å². The van der Waals surface area contributed by atoms with Crippen molar-refractivity contribution in [2.75, 3.05) is 33.7 Å². The van der Waals surface area contributed by atoms with Gasteiger partial charge in [-0.15, -0.1) is 0 Å². The molecule has 1 heterocycles. The van der Waals surface area contributed by atoms with Crippen LogP contribution in [0.2, 0.25) is 0 Å². The molecule has 1 N–H and O–H groups in total. The van der Waals surface area contributed by atoms with Crippen LogP contribution in [0, 0.1) is 0 Å². The molecule has 1 fully saturated rings. The van der Waals surface area contributed by atoms with Gasteiger partial charge in [0.2, 0.25) is 11.7 Å². The number of ether oxygens (including phenoxy) is 3. The zero-order chi connectivity index (χ0) is 15.6. The Labute approximate surface area is 122 Å². The van der Waals surface area contributed by atoms with E-state index in [1.54, 1.807) is 12.1 Å². The van der Waals surface area contributed by atoms with E-state index >= 15 is 0 Å². The summed E-state index contributed by atoms with van der Waals surface area (Å²) >= 11 is 0. The lowest BCUT2D eigenvalue weighted by molar-refractivity contribution is -0.136. The second-order valence-electron chi connectivity index (χ2n) is 4.61. The third-order valence-electron chi connectivity index (χ3n) is 3.39. The number of imide groups is 1. The normalized spacial score (nSPS) is 17.9. The fourth-order valence-electron chi connectivity index (χ4n) is 2.23. The minimum atomic E-state index is -0.578. The number of nitrogens with one attached hydrogen (secondary N) is 1. The molecule has 1 aliphatic rings. The molecule has 1 aliphatic heterocycles. The van der Waals surface area contributed by atoms with Crippen LogP contribution in [0.15, 0.2) is 12.1 Å². The van der Waals surface area contributed by atoms with Crippen LogP contribution in [0.25, 0.3) is 0 Å². The minimum Gasteiger partial charge on any atom is -0.493 e. The van der Waals surface area contributed by atoms with Gasteiger partial charge in [-0.05, 0) is 0 Å². The lowest BCUT2D eigenvalue weighted by Gasteiger charge is -2.17. The van der Waals surface area contributed by atoms with Crippen molar-refractivity contribution in [2.24, 2.45) is 0 Å². The van der Waals surface area contributed by atoms with Crippen LogP contribution in [-0.2, 0) is 9.59 Å². The molecule has 0 radical (unpaired) electrons. The number of hydrogen-bond acceptors (Lipinski definition) is 6. The van der Waals surface area contributed by atoms with Gasteiger partial charge in [0.25, 0.3) is 5.91 Å². The summed E-state index contributed by atoms with van der Waals surface area (Å²) in [6.07, 6.45) is 0.131. The summed E-state index contributed by atoms with van der Waals surface area (Å²) in [7, 11) is 6.02. The predicted molar refractivity (Wildman–Crippen MR) is 75.9 cm³/mol. The van der Waals surface area contributed by atoms with Crippen LogP contribution in [0.3, 0.4) is 0 Å². The van der Waals surface area contributed by atoms with Crippen LogP contribution in [-0.4, -0.2) is 51.1 Å². The zero-order valence-electron chi connectivity index (χ0n) is 12.4. The number of anilines is 1. The van der Waals surface area contributed by atoms with E-state index in [1.165, 1.54) is 28.4 Å². The second-order valence-corrected chi connectivity index (χ2v) is 4.61. The van der Waals surface area contributed by atoms with Crippen LogP contribution < -0.4 is 19.5 Å². The van der Waals surface area contributed by atoms with Crippen LogP contribution in [0.5, 0.6) is 17.2 Å². The number of hydrogen-bond donors (Lipinski definition) is 1. The van der Waals surface area contributed by atoms with Gasteiger partial charge in [-0.3, -0.25) is 14.5 Å². The maximum Gasteiger partial charge on any atom is 0.251 e. The van der Waals surface area contributed by atoms with Crippen molar-refractivity contribution in [3.05, 3.63) is 12.1 Å². The molecule has 7 nitrogen and oxygen atoms in total. The van der Waals surface area contributed by atoms with Crippen molar-refractivity contribution in [1.82, 2.24) is 4.90 Å². The summed E-state index contributed by atoms with van der Waals surface area (Å²) < 4.78 is 15.7. The van der Waals surface area contributed by atoms with Crippen LogP contribution in [0.1, 0.15) is 6.42 Å². The van der Waals surface area contributed by atoms with Crippen LogP contribution >= 0.6 is 0 Å². The quantitative estimate of drug-likeness (QED) is 0.812. The smallest absolute Gasteiger partial charge is 0.251 e. The van der Waals surface area contributed by atoms with Gasteiger partial charge >= 0.3 is 0 Å².